The number of hydrogen-bond donors (Lipinski definition) is 2. The van der Waals surface area contributed by atoms with E-state index in [0.717, 1.165) is 32.3 Å². The standard InChI is InChI=1S/C20H27N3O.HI/c1-4-21-19(22-12-20(3)13-24-14-20)23-15(2)17-11-7-9-16-8-5-6-10-18(16)17;/h5-11,15H,4,12-14H2,1-3H3,(H2,21,22,23);1H. The normalized spacial score (nSPS) is 17.3. The summed E-state index contributed by atoms with van der Waals surface area (Å²) in [6.07, 6.45) is 0. The zero-order valence-electron chi connectivity index (χ0n) is 15.2. The van der Waals surface area contributed by atoms with Crippen LogP contribution < -0.4 is 10.6 Å². The van der Waals surface area contributed by atoms with Crippen LogP contribution in [0.25, 0.3) is 10.8 Å². The highest BCUT2D eigenvalue weighted by Crippen LogP contribution is 2.27. The van der Waals surface area contributed by atoms with E-state index in [1.165, 1.54) is 16.3 Å². The highest BCUT2D eigenvalue weighted by molar-refractivity contribution is 14.0. The summed E-state index contributed by atoms with van der Waals surface area (Å²) in [5.74, 6) is 0.867. The molecule has 0 aromatic heterocycles. The molecule has 5 heteroatoms. The van der Waals surface area contributed by atoms with Crippen LogP contribution in [0.4, 0.5) is 0 Å². The SMILES string of the molecule is CCNC(=NCC1(C)COC1)NC(C)c1cccc2ccccc12.I. The van der Waals surface area contributed by atoms with Crippen LogP contribution in [-0.4, -0.2) is 32.3 Å². The fraction of sp³-hybridized carbons (Fsp3) is 0.450. The molecule has 1 unspecified atom stereocenters. The van der Waals surface area contributed by atoms with E-state index in [4.69, 9.17) is 9.73 Å². The Balaban J connectivity index is 0.00000225. The summed E-state index contributed by atoms with van der Waals surface area (Å²) in [5.41, 5.74) is 1.47. The van der Waals surface area contributed by atoms with Gasteiger partial charge in [-0.25, -0.2) is 0 Å². The molecule has 1 heterocycles. The van der Waals surface area contributed by atoms with Gasteiger partial charge in [-0.1, -0.05) is 49.4 Å². The highest BCUT2D eigenvalue weighted by Gasteiger charge is 2.33. The van der Waals surface area contributed by atoms with Gasteiger partial charge in [0.15, 0.2) is 5.96 Å². The van der Waals surface area contributed by atoms with Crippen LogP contribution in [-0.2, 0) is 4.74 Å². The van der Waals surface area contributed by atoms with Crippen molar-refractivity contribution in [2.75, 3.05) is 26.3 Å². The van der Waals surface area contributed by atoms with E-state index in [1.807, 2.05) is 0 Å². The fourth-order valence-corrected chi connectivity index (χ4v) is 3.04. The smallest absolute Gasteiger partial charge is 0.191 e. The Kier molecular flexibility index (Phi) is 7.07. The molecule has 1 aliphatic rings. The largest absolute Gasteiger partial charge is 0.380 e. The topological polar surface area (TPSA) is 45.7 Å². The third kappa shape index (κ3) is 4.85. The molecule has 1 fully saturated rings. The Morgan fingerprint density at radius 3 is 2.60 bits per heavy atom. The lowest BCUT2D eigenvalue weighted by atomic mass is 9.89. The van der Waals surface area contributed by atoms with Gasteiger partial charge in [-0.15, -0.1) is 24.0 Å². The Hall–Kier alpha value is -1.34. The molecule has 2 aromatic rings. The number of aliphatic imine (C=N–C) groups is 1. The first-order valence-corrected chi connectivity index (χ1v) is 8.71. The molecule has 1 atom stereocenters. The average molecular weight is 453 g/mol. The quantitative estimate of drug-likeness (QED) is 0.407. The van der Waals surface area contributed by atoms with Gasteiger partial charge in [0.1, 0.15) is 0 Å². The third-order valence-electron chi connectivity index (χ3n) is 4.51. The molecular formula is C20H28IN3O. The number of hydrogen-bond acceptors (Lipinski definition) is 2. The molecular weight excluding hydrogens is 425 g/mol. The molecule has 136 valence electrons. The zero-order chi connectivity index (χ0) is 17.0. The monoisotopic (exact) mass is 453 g/mol. The molecule has 3 rings (SSSR count). The molecule has 2 aromatic carbocycles. The molecule has 0 radical (unpaired) electrons. The number of benzene rings is 2. The van der Waals surface area contributed by atoms with E-state index in [1.54, 1.807) is 0 Å². The second-order valence-electron chi connectivity index (χ2n) is 6.93. The van der Waals surface area contributed by atoms with Gasteiger partial charge in [0.05, 0.1) is 25.8 Å². The van der Waals surface area contributed by atoms with Gasteiger partial charge < -0.3 is 15.4 Å². The maximum atomic E-state index is 5.32. The van der Waals surface area contributed by atoms with Gasteiger partial charge in [-0.05, 0) is 30.2 Å². The van der Waals surface area contributed by atoms with E-state index < -0.39 is 0 Å². The lowest BCUT2D eigenvalue weighted by Crippen LogP contribution is -2.44. The van der Waals surface area contributed by atoms with Crippen molar-refractivity contribution in [3.05, 3.63) is 48.0 Å². The van der Waals surface area contributed by atoms with Crippen molar-refractivity contribution < 1.29 is 4.74 Å². The van der Waals surface area contributed by atoms with Crippen LogP contribution in [0.15, 0.2) is 47.5 Å². The molecule has 0 bridgehead atoms. The number of nitrogens with one attached hydrogen (secondary N) is 2. The van der Waals surface area contributed by atoms with Gasteiger partial charge in [-0.2, -0.15) is 0 Å². The van der Waals surface area contributed by atoms with Gasteiger partial charge in [-0.3, -0.25) is 4.99 Å². The summed E-state index contributed by atoms with van der Waals surface area (Å²) in [7, 11) is 0. The van der Waals surface area contributed by atoms with Crippen LogP contribution in [0.3, 0.4) is 0 Å². The Morgan fingerprint density at radius 2 is 1.92 bits per heavy atom. The molecule has 0 amide bonds. The van der Waals surface area contributed by atoms with E-state index >= 15 is 0 Å². The van der Waals surface area contributed by atoms with Gasteiger partial charge in [0.2, 0.25) is 0 Å². The molecule has 0 aliphatic carbocycles. The minimum absolute atomic E-state index is 0. The molecule has 2 N–H and O–H groups in total. The van der Waals surface area contributed by atoms with Gasteiger partial charge in [0.25, 0.3) is 0 Å². The number of rotatable bonds is 5. The lowest BCUT2D eigenvalue weighted by molar-refractivity contribution is -0.0945. The Morgan fingerprint density at radius 1 is 1.20 bits per heavy atom. The predicted molar refractivity (Wildman–Crippen MR) is 116 cm³/mol. The molecule has 1 saturated heterocycles. The van der Waals surface area contributed by atoms with Crippen molar-refractivity contribution >= 4 is 40.7 Å². The Bertz CT molecular complexity index is 722. The van der Waals surface area contributed by atoms with Crippen LogP contribution in [0.1, 0.15) is 32.4 Å². The molecule has 4 nitrogen and oxygen atoms in total. The van der Waals surface area contributed by atoms with Gasteiger partial charge >= 0.3 is 0 Å². The van der Waals surface area contributed by atoms with Crippen LogP contribution in [0.2, 0.25) is 0 Å². The first-order valence-electron chi connectivity index (χ1n) is 8.71. The lowest BCUT2D eigenvalue weighted by Gasteiger charge is -2.36. The summed E-state index contributed by atoms with van der Waals surface area (Å²) in [6.45, 7) is 9.73. The summed E-state index contributed by atoms with van der Waals surface area (Å²) in [5, 5.41) is 9.45. The second-order valence-corrected chi connectivity index (χ2v) is 6.93. The first kappa shape index (κ1) is 20.0. The maximum absolute atomic E-state index is 5.32. The summed E-state index contributed by atoms with van der Waals surface area (Å²) < 4.78 is 5.32. The van der Waals surface area contributed by atoms with E-state index in [-0.39, 0.29) is 35.4 Å². The van der Waals surface area contributed by atoms with Crippen molar-refractivity contribution in [3.8, 4) is 0 Å². The zero-order valence-corrected chi connectivity index (χ0v) is 17.5. The van der Waals surface area contributed by atoms with Crippen molar-refractivity contribution in [2.24, 2.45) is 10.4 Å². The second kappa shape index (κ2) is 8.85. The number of fused-ring (bicyclic) bond motifs is 1. The van der Waals surface area contributed by atoms with Crippen LogP contribution >= 0.6 is 24.0 Å². The number of guanidine groups is 1. The summed E-state index contributed by atoms with van der Waals surface area (Å²) in [6, 6.07) is 15.1. The van der Waals surface area contributed by atoms with Crippen molar-refractivity contribution in [1.29, 1.82) is 0 Å². The van der Waals surface area contributed by atoms with E-state index in [9.17, 15) is 0 Å². The molecule has 25 heavy (non-hydrogen) atoms. The fourth-order valence-electron chi connectivity index (χ4n) is 3.04. The van der Waals surface area contributed by atoms with Crippen LogP contribution in [0.5, 0.6) is 0 Å². The summed E-state index contributed by atoms with van der Waals surface area (Å²) in [4.78, 5) is 4.77. The maximum Gasteiger partial charge on any atom is 0.191 e. The van der Waals surface area contributed by atoms with E-state index in [2.05, 4.69) is 73.9 Å². The molecule has 0 saturated carbocycles. The third-order valence-corrected chi connectivity index (χ3v) is 4.51. The molecule has 1 aliphatic heterocycles. The minimum atomic E-state index is 0. The number of nitrogens with zero attached hydrogens (tertiary/aromatic N) is 1. The number of ether oxygens (including phenoxy) is 1. The number of halogens is 1. The van der Waals surface area contributed by atoms with Crippen molar-refractivity contribution in [1.82, 2.24) is 10.6 Å². The van der Waals surface area contributed by atoms with Crippen LogP contribution in [0, 0.1) is 5.41 Å². The van der Waals surface area contributed by atoms with E-state index in [0.29, 0.717) is 0 Å². The van der Waals surface area contributed by atoms with Crippen molar-refractivity contribution in [3.63, 3.8) is 0 Å². The van der Waals surface area contributed by atoms with Gasteiger partial charge in [0, 0.05) is 12.0 Å². The average Bonchev–Trinajstić information content (AvgIpc) is 2.57. The first-order chi connectivity index (χ1) is 11.6. The predicted octanol–water partition coefficient (Wildman–Crippen LogP) is 4.11. The highest BCUT2D eigenvalue weighted by atomic mass is 127. The van der Waals surface area contributed by atoms with Crippen molar-refractivity contribution in [2.45, 2.75) is 26.8 Å². The Labute approximate surface area is 167 Å². The summed E-state index contributed by atoms with van der Waals surface area (Å²) >= 11 is 0. The molecule has 0 spiro atoms. The minimum Gasteiger partial charge on any atom is -0.380 e.